The number of hydrogen-bond acceptors (Lipinski definition) is 5. The van der Waals surface area contributed by atoms with E-state index in [4.69, 9.17) is 10.3 Å². The summed E-state index contributed by atoms with van der Waals surface area (Å²) < 4.78 is 5.53. The van der Waals surface area contributed by atoms with Crippen molar-refractivity contribution in [1.82, 2.24) is 15.0 Å². The van der Waals surface area contributed by atoms with Crippen LogP contribution in [0.15, 0.2) is 47.0 Å². The SMILES string of the molecule is CC1CCCN1C(=O)c1ccc(-c2noc(-c3ccc4c(c3)CCCC4N)n2)cc1. The molecule has 6 nitrogen and oxygen atoms in total. The first-order chi connectivity index (χ1) is 14.6. The highest BCUT2D eigenvalue weighted by Crippen LogP contribution is 2.32. The van der Waals surface area contributed by atoms with Crippen molar-refractivity contribution in [2.45, 2.75) is 51.1 Å². The highest BCUT2D eigenvalue weighted by atomic mass is 16.5. The molecule has 6 heteroatoms. The first-order valence-electron chi connectivity index (χ1n) is 10.7. The summed E-state index contributed by atoms with van der Waals surface area (Å²) >= 11 is 0. The van der Waals surface area contributed by atoms with Crippen molar-refractivity contribution in [1.29, 1.82) is 0 Å². The van der Waals surface area contributed by atoms with Crippen LogP contribution in [0, 0.1) is 0 Å². The molecule has 2 aliphatic rings. The van der Waals surface area contributed by atoms with E-state index < -0.39 is 0 Å². The molecule has 154 valence electrons. The van der Waals surface area contributed by atoms with Gasteiger partial charge in [0.05, 0.1) is 0 Å². The van der Waals surface area contributed by atoms with Gasteiger partial charge in [-0.25, -0.2) is 0 Å². The van der Waals surface area contributed by atoms with Crippen LogP contribution in [0.1, 0.15) is 60.1 Å². The van der Waals surface area contributed by atoms with Crippen LogP contribution in [0.25, 0.3) is 22.8 Å². The normalized spacial score (nSPS) is 20.9. The zero-order chi connectivity index (χ0) is 20.7. The third-order valence-corrected chi connectivity index (χ3v) is 6.38. The van der Waals surface area contributed by atoms with E-state index in [2.05, 4.69) is 29.2 Å². The number of fused-ring (bicyclic) bond motifs is 1. The van der Waals surface area contributed by atoms with Crippen LogP contribution in [-0.4, -0.2) is 33.5 Å². The molecule has 1 aliphatic heterocycles. The average molecular weight is 402 g/mol. The molecular formula is C24H26N4O2. The van der Waals surface area contributed by atoms with Gasteiger partial charge in [-0.15, -0.1) is 0 Å². The van der Waals surface area contributed by atoms with Crippen LogP contribution >= 0.6 is 0 Å². The van der Waals surface area contributed by atoms with Crippen molar-refractivity contribution in [3.63, 3.8) is 0 Å². The molecule has 2 unspecified atom stereocenters. The first-order valence-corrected chi connectivity index (χ1v) is 10.7. The molecule has 5 rings (SSSR count). The van der Waals surface area contributed by atoms with Crippen LogP contribution in [-0.2, 0) is 6.42 Å². The van der Waals surface area contributed by atoms with Crippen molar-refractivity contribution in [2.24, 2.45) is 5.73 Å². The predicted molar refractivity (Wildman–Crippen MR) is 115 cm³/mol. The van der Waals surface area contributed by atoms with Gasteiger partial charge in [-0.3, -0.25) is 4.79 Å². The largest absolute Gasteiger partial charge is 0.336 e. The molecule has 2 aromatic carbocycles. The van der Waals surface area contributed by atoms with Crippen molar-refractivity contribution in [3.05, 3.63) is 59.2 Å². The Balaban J connectivity index is 1.36. The Morgan fingerprint density at radius 1 is 1.10 bits per heavy atom. The number of hydrogen-bond donors (Lipinski definition) is 1. The number of benzene rings is 2. The molecule has 1 amide bonds. The molecular weight excluding hydrogens is 376 g/mol. The van der Waals surface area contributed by atoms with Gasteiger partial charge in [0.1, 0.15) is 0 Å². The number of amides is 1. The Labute approximate surface area is 176 Å². The molecule has 3 aromatic rings. The lowest BCUT2D eigenvalue weighted by Gasteiger charge is -2.22. The minimum absolute atomic E-state index is 0.0904. The van der Waals surface area contributed by atoms with Gasteiger partial charge in [0.15, 0.2) is 0 Å². The van der Waals surface area contributed by atoms with E-state index in [9.17, 15) is 4.79 Å². The lowest BCUT2D eigenvalue weighted by atomic mass is 9.87. The predicted octanol–water partition coefficient (Wildman–Crippen LogP) is 4.36. The molecule has 1 fully saturated rings. The summed E-state index contributed by atoms with van der Waals surface area (Å²) in [6, 6.07) is 14.1. The van der Waals surface area contributed by atoms with E-state index >= 15 is 0 Å². The number of rotatable bonds is 3. The second-order valence-electron chi connectivity index (χ2n) is 8.40. The van der Waals surface area contributed by atoms with Crippen LogP contribution in [0.2, 0.25) is 0 Å². The molecule has 1 saturated heterocycles. The zero-order valence-electron chi connectivity index (χ0n) is 17.2. The van der Waals surface area contributed by atoms with E-state index in [0.29, 0.717) is 23.3 Å². The molecule has 0 saturated carbocycles. The third kappa shape index (κ3) is 3.41. The quantitative estimate of drug-likeness (QED) is 0.703. The van der Waals surface area contributed by atoms with E-state index in [1.54, 1.807) is 0 Å². The number of aryl methyl sites for hydroxylation is 1. The maximum atomic E-state index is 12.7. The fourth-order valence-electron chi connectivity index (χ4n) is 4.61. The third-order valence-electron chi connectivity index (χ3n) is 6.38. The van der Waals surface area contributed by atoms with Crippen molar-refractivity contribution in [3.8, 4) is 22.8 Å². The van der Waals surface area contributed by atoms with Crippen molar-refractivity contribution >= 4 is 5.91 Å². The summed E-state index contributed by atoms with van der Waals surface area (Å²) in [4.78, 5) is 19.2. The Morgan fingerprint density at radius 3 is 2.67 bits per heavy atom. The topological polar surface area (TPSA) is 85.2 Å². The van der Waals surface area contributed by atoms with Crippen LogP contribution in [0.4, 0.5) is 0 Å². The smallest absolute Gasteiger partial charge is 0.258 e. The summed E-state index contributed by atoms with van der Waals surface area (Å²) in [5, 5.41) is 4.15. The van der Waals surface area contributed by atoms with Gasteiger partial charge in [-0.2, -0.15) is 4.98 Å². The average Bonchev–Trinajstić information content (AvgIpc) is 3.43. The molecule has 1 aliphatic carbocycles. The number of carbonyl (C=O) groups excluding carboxylic acids is 1. The van der Waals surface area contributed by atoms with Crippen molar-refractivity contribution < 1.29 is 9.32 Å². The Kier molecular flexibility index (Phi) is 4.87. The highest BCUT2D eigenvalue weighted by molar-refractivity contribution is 5.95. The second-order valence-corrected chi connectivity index (χ2v) is 8.40. The molecule has 30 heavy (non-hydrogen) atoms. The fourth-order valence-corrected chi connectivity index (χ4v) is 4.61. The van der Waals surface area contributed by atoms with Crippen LogP contribution in [0.3, 0.4) is 0 Å². The number of nitrogens with two attached hydrogens (primary N) is 1. The van der Waals surface area contributed by atoms with Gasteiger partial charge in [0.25, 0.3) is 11.8 Å². The number of nitrogens with zero attached hydrogens (tertiary/aromatic N) is 3. The molecule has 2 N–H and O–H groups in total. The van der Waals surface area contributed by atoms with Gasteiger partial charge in [0.2, 0.25) is 5.82 Å². The van der Waals surface area contributed by atoms with E-state index in [-0.39, 0.29) is 11.9 Å². The van der Waals surface area contributed by atoms with Gasteiger partial charge < -0.3 is 15.2 Å². The van der Waals surface area contributed by atoms with Crippen molar-refractivity contribution in [2.75, 3.05) is 6.54 Å². The summed E-state index contributed by atoms with van der Waals surface area (Å²) in [5.41, 5.74) is 11.1. The Bertz CT molecular complexity index is 1070. The van der Waals surface area contributed by atoms with Gasteiger partial charge in [0, 0.05) is 35.3 Å². The molecule has 0 spiro atoms. The maximum Gasteiger partial charge on any atom is 0.258 e. The molecule has 0 radical (unpaired) electrons. The second kappa shape index (κ2) is 7.69. The number of aromatic nitrogens is 2. The number of likely N-dealkylation sites (tertiary alicyclic amines) is 1. The van der Waals surface area contributed by atoms with Crippen LogP contribution < -0.4 is 5.73 Å². The summed E-state index contributed by atoms with van der Waals surface area (Å²) in [6.07, 6.45) is 5.32. The molecule has 2 heterocycles. The van der Waals surface area contributed by atoms with Crippen LogP contribution in [0.5, 0.6) is 0 Å². The summed E-state index contributed by atoms with van der Waals surface area (Å²) in [7, 11) is 0. The molecule has 2 atom stereocenters. The summed E-state index contributed by atoms with van der Waals surface area (Å²) in [6.45, 7) is 2.94. The summed E-state index contributed by atoms with van der Waals surface area (Å²) in [5.74, 6) is 1.11. The Morgan fingerprint density at radius 2 is 1.90 bits per heavy atom. The van der Waals surface area contributed by atoms with Gasteiger partial charge >= 0.3 is 0 Å². The fraction of sp³-hybridized carbons (Fsp3) is 0.375. The molecule has 0 bridgehead atoms. The monoisotopic (exact) mass is 402 g/mol. The first kappa shape index (κ1) is 19.0. The minimum Gasteiger partial charge on any atom is -0.336 e. The van der Waals surface area contributed by atoms with E-state index in [0.717, 1.165) is 49.8 Å². The molecule has 1 aromatic heterocycles. The maximum absolute atomic E-state index is 12.7. The minimum atomic E-state index is 0.0904. The van der Waals surface area contributed by atoms with Gasteiger partial charge in [-0.05, 0) is 74.4 Å². The van der Waals surface area contributed by atoms with E-state index in [1.165, 1.54) is 11.1 Å². The zero-order valence-corrected chi connectivity index (χ0v) is 17.2. The Hall–Kier alpha value is -2.99. The number of carbonyl (C=O) groups is 1. The lowest BCUT2D eigenvalue weighted by Crippen LogP contribution is -2.33. The standard InChI is InChI=1S/C24H26N4O2/c1-15-4-3-13-28(15)24(29)17-9-7-16(8-10-17)22-26-23(30-27-22)19-11-12-20-18(14-19)5-2-6-21(20)25/h7-12,14-15,21H,2-6,13,25H2,1H3. The van der Waals surface area contributed by atoms with Gasteiger partial charge in [-0.1, -0.05) is 23.4 Å². The lowest BCUT2D eigenvalue weighted by molar-refractivity contribution is 0.0747. The highest BCUT2D eigenvalue weighted by Gasteiger charge is 2.26. The van der Waals surface area contributed by atoms with E-state index in [1.807, 2.05) is 35.2 Å².